The SMILES string of the molecule is CC1CCc2onc(C(=O)N3CCC(c4[nH]nc5nccnc45)CC3)c2C1. The van der Waals surface area contributed by atoms with Crippen LogP contribution in [0.2, 0.25) is 0 Å². The van der Waals surface area contributed by atoms with E-state index in [1.807, 2.05) is 4.90 Å². The van der Waals surface area contributed by atoms with Gasteiger partial charge in [-0.05, 0) is 31.6 Å². The maximum absolute atomic E-state index is 13.0. The molecule has 1 saturated heterocycles. The summed E-state index contributed by atoms with van der Waals surface area (Å²) in [5.41, 5.74) is 4.05. The number of piperidine rings is 1. The first-order valence-electron chi connectivity index (χ1n) is 9.62. The van der Waals surface area contributed by atoms with E-state index in [-0.39, 0.29) is 5.91 Å². The Kier molecular flexibility index (Phi) is 3.91. The molecule has 0 radical (unpaired) electrons. The molecule has 1 fully saturated rings. The van der Waals surface area contributed by atoms with Gasteiger partial charge in [-0.25, -0.2) is 9.97 Å². The van der Waals surface area contributed by atoms with Crippen LogP contribution in [0.15, 0.2) is 16.9 Å². The van der Waals surface area contributed by atoms with E-state index in [9.17, 15) is 4.79 Å². The van der Waals surface area contributed by atoms with Crippen LogP contribution in [0, 0.1) is 5.92 Å². The summed E-state index contributed by atoms with van der Waals surface area (Å²) in [6.45, 7) is 3.61. The van der Waals surface area contributed by atoms with Crippen molar-refractivity contribution in [2.24, 2.45) is 5.92 Å². The zero-order chi connectivity index (χ0) is 18.4. The summed E-state index contributed by atoms with van der Waals surface area (Å²) in [6, 6.07) is 0. The fourth-order valence-corrected chi connectivity index (χ4v) is 4.32. The number of carbonyl (C=O) groups excluding carboxylic acids is 1. The second-order valence-corrected chi connectivity index (χ2v) is 7.71. The Morgan fingerprint density at radius 3 is 2.89 bits per heavy atom. The number of carbonyl (C=O) groups is 1. The Labute approximate surface area is 156 Å². The van der Waals surface area contributed by atoms with Crippen LogP contribution in [0.3, 0.4) is 0 Å². The van der Waals surface area contributed by atoms with Crippen molar-refractivity contribution in [3.63, 3.8) is 0 Å². The number of H-pyrrole nitrogens is 1. The van der Waals surface area contributed by atoms with E-state index >= 15 is 0 Å². The van der Waals surface area contributed by atoms with Crippen molar-refractivity contribution < 1.29 is 9.32 Å². The molecule has 0 bridgehead atoms. The summed E-state index contributed by atoms with van der Waals surface area (Å²) in [4.78, 5) is 23.5. The molecule has 0 aromatic carbocycles. The third kappa shape index (κ3) is 2.79. The lowest BCUT2D eigenvalue weighted by Gasteiger charge is -2.31. The van der Waals surface area contributed by atoms with Gasteiger partial charge in [0.05, 0.1) is 5.69 Å². The Bertz CT molecular complexity index is 985. The summed E-state index contributed by atoms with van der Waals surface area (Å²) in [5, 5.41) is 11.5. The molecule has 140 valence electrons. The van der Waals surface area contributed by atoms with Crippen LogP contribution < -0.4 is 0 Å². The third-order valence-electron chi connectivity index (χ3n) is 5.90. The number of likely N-dealkylation sites (tertiary alicyclic amines) is 1. The van der Waals surface area contributed by atoms with Crippen molar-refractivity contribution in [2.45, 2.75) is 44.9 Å². The predicted octanol–water partition coefficient (Wildman–Crippen LogP) is 2.49. The quantitative estimate of drug-likeness (QED) is 0.748. The molecule has 1 aliphatic heterocycles. The zero-order valence-corrected chi connectivity index (χ0v) is 15.3. The fraction of sp³-hybridized carbons (Fsp3) is 0.526. The van der Waals surface area contributed by atoms with Crippen molar-refractivity contribution in [1.29, 1.82) is 0 Å². The van der Waals surface area contributed by atoms with Gasteiger partial charge in [0.1, 0.15) is 11.3 Å². The van der Waals surface area contributed by atoms with Gasteiger partial charge in [-0.15, -0.1) is 0 Å². The van der Waals surface area contributed by atoms with Gasteiger partial charge in [0, 0.05) is 43.4 Å². The standard InChI is InChI=1S/C19H22N6O2/c1-11-2-3-14-13(10-11)16(24-27-14)19(26)25-8-4-12(5-9-25)15-17-18(23-22-15)21-7-6-20-17/h6-7,11-12H,2-5,8-10H2,1H3,(H,21,22,23). The minimum atomic E-state index is 0.00168. The Morgan fingerprint density at radius 1 is 1.22 bits per heavy atom. The normalized spacial score (nSPS) is 20.8. The lowest BCUT2D eigenvalue weighted by molar-refractivity contribution is 0.0701. The van der Waals surface area contributed by atoms with Gasteiger partial charge in [-0.3, -0.25) is 9.89 Å². The van der Waals surface area contributed by atoms with E-state index in [1.54, 1.807) is 12.4 Å². The molecule has 2 aliphatic rings. The van der Waals surface area contributed by atoms with Crippen molar-refractivity contribution in [2.75, 3.05) is 13.1 Å². The number of aromatic nitrogens is 5. The molecular formula is C19H22N6O2. The molecule has 8 heteroatoms. The van der Waals surface area contributed by atoms with Crippen molar-refractivity contribution in [1.82, 2.24) is 30.2 Å². The summed E-state index contributed by atoms with van der Waals surface area (Å²) < 4.78 is 5.45. The highest BCUT2D eigenvalue weighted by Gasteiger charge is 2.32. The molecule has 1 unspecified atom stereocenters. The third-order valence-corrected chi connectivity index (χ3v) is 5.90. The first-order valence-corrected chi connectivity index (χ1v) is 9.62. The van der Waals surface area contributed by atoms with Gasteiger partial charge in [-0.2, -0.15) is 5.10 Å². The first kappa shape index (κ1) is 16.4. The number of nitrogens with one attached hydrogen (secondary N) is 1. The van der Waals surface area contributed by atoms with Gasteiger partial charge in [0.2, 0.25) is 0 Å². The molecule has 3 aromatic rings. The average molecular weight is 366 g/mol. The molecular weight excluding hydrogens is 344 g/mol. The summed E-state index contributed by atoms with van der Waals surface area (Å²) >= 11 is 0. The van der Waals surface area contributed by atoms with Crippen molar-refractivity contribution in [3.05, 3.63) is 35.1 Å². The maximum Gasteiger partial charge on any atom is 0.276 e. The summed E-state index contributed by atoms with van der Waals surface area (Å²) in [6.07, 6.45) is 7.94. The topological polar surface area (TPSA) is 101 Å². The largest absolute Gasteiger partial charge is 0.360 e. The summed E-state index contributed by atoms with van der Waals surface area (Å²) in [5.74, 6) is 1.78. The second kappa shape index (κ2) is 6.44. The maximum atomic E-state index is 13.0. The number of aromatic amines is 1. The van der Waals surface area contributed by atoms with Crippen molar-refractivity contribution in [3.8, 4) is 0 Å². The molecule has 0 spiro atoms. The molecule has 0 saturated carbocycles. The Morgan fingerprint density at radius 2 is 2.04 bits per heavy atom. The average Bonchev–Trinajstić information content (AvgIpc) is 3.31. The molecule has 4 heterocycles. The van der Waals surface area contributed by atoms with Gasteiger partial charge in [0.15, 0.2) is 11.3 Å². The van der Waals surface area contributed by atoms with Crippen LogP contribution in [-0.2, 0) is 12.8 Å². The number of hydrogen-bond acceptors (Lipinski definition) is 6. The molecule has 1 amide bonds. The first-order chi connectivity index (χ1) is 13.2. The molecule has 8 nitrogen and oxygen atoms in total. The van der Waals surface area contributed by atoms with E-state index in [2.05, 4.69) is 32.2 Å². The molecule has 3 aromatic heterocycles. The van der Waals surface area contributed by atoms with Gasteiger partial charge in [-0.1, -0.05) is 12.1 Å². The van der Waals surface area contributed by atoms with Crippen LogP contribution in [-0.4, -0.2) is 49.2 Å². The number of rotatable bonds is 2. The van der Waals surface area contributed by atoms with E-state index in [0.717, 1.165) is 54.6 Å². The Balaban J connectivity index is 1.31. The molecule has 1 N–H and O–H groups in total. The second-order valence-electron chi connectivity index (χ2n) is 7.71. The van der Waals surface area contributed by atoms with E-state index in [4.69, 9.17) is 4.52 Å². The number of amides is 1. The zero-order valence-electron chi connectivity index (χ0n) is 15.3. The van der Waals surface area contributed by atoms with Gasteiger partial charge < -0.3 is 9.42 Å². The van der Waals surface area contributed by atoms with Gasteiger partial charge >= 0.3 is 0 Å². The number of fused-ring (bicyclic) bond motifs is 2. The van der Waals surface area contributed by atoms with Crippen LogP contribution in [0.4, 0.5) is 0 Å². The van der Waals surface area contributed by atoms with Crippen LogP contribution in [0.1, 0.15) is 59.6 Å². The summed E-state index contributed by atoms with van der Waals surface area (Å²) in [7, 11) is 0. The fourth-order valence-electron chi connectivity index (χ4n) is 4.32. The number of hydrogen-bond donors (Lipinski definition) is 1. The lowest BCUT2D eigenvalue weighted by Crippen LogP contribution is -2.38. The Hall–Kier alpha value is -2.77. The van der Waals surface area contributed by atoms with Crippen LogP contribution >= 0.6 is 0 Å². The minimum Gasteiger partial charge on any atom is -0.360 e. The minimum absolute atomic E-state index is 0.00168. The van der Waals surface area contributed by atoms with E-state index in [1.165, 1.54) is 0 Å². The molecule has 5 rings (SSSR count). The smallest absolute Gasteiger partial charge is 0.276 e. The van der Waals surface area contributed by atoms with E-state index < -0.39 is 0 Å². The van der Waals surface area contributed by atoms with E-state index in [0.29, 0.717) is 36.3 Å². The number of nitrogens with zero attached hydrogens (tertiary/aromatic N) is 5. The lowest BCUT2D eigenvalue weighted by atomic mass is 9.87. The van der Waals surface area contributed by atoms with Crippen LogP contribution in [0.5, 0.6) is 0 Å². The van der Waals surface area contributed by atoms with Crippen LogP contribution in [0.25, 0.3) is 11.2 Å². The highest BCUT2D eigenvalue weighted by molar-refractivity contribution is 5.94. The number of aryl methyl sites for hydroxylation is 1. The van der Waals surface area contributed by atoms with Crippen molar-refractivity contribution >= 4 is 17.1 Å². The molecule has 27 heavy (non-hydrogen) atoms. The molecule has 1 atom stereocenters. The van der Waals surface area contributed by atoms with Gasteiger partial charge in [0.25, 0.3) is 5.91 Å². The highest BCUT2D eigenvalue weighted by Crippen LogP contribution is 2.32. The monoisotopic (exact) mass is 366 g/mol. The highest BCUT2D eigenvalue weighted by atomic mass is 16.5. The molecule has 1 aliphatic carbocycles. The predicted molar refractivity (Wildman–Crippen MR) is 97.3 cm³/mol.